The molecule has 0 radical (unpaired) electrons. The summed E-state index contributed by atoms with van der Waals surface area (Å²) in [6, 6.07) is 0.297. The number of carbonyl (C=O) groups excluding carboxylic acids is 1. The van der Waals surface area contributed by atoms with Crippen LogP contribution in [0.4, 0.5) is 0 Å². The average Bonchev–Trinajstić information content (AvgIpc) is 2.19. The van der Waals surface area contributed by atoms with Gasteiger partial charge in [-0.25, -0.2) is 0 Å². The molecule has 0 saturated heterocycles. The number of hydrogen-bond donors (Lipinski definition) is 2. The highest BCUT2D eigenvalue weighted by atomic mass is 16.1. The van der Waals surface area contributed by atoms with Gasteiger partial charge >= 0.3 is 0 Å². The molecule has 0 heterocycles. The zero-order valence-corrected chi connectivity index (χ0v) is 12.9. The van der Waals surface area contributed by atoms with Gasteiger partial charge in [-0.1, -0.05) is 20.8 Å². The van der Waals surface area contributed by atoms with Gasteiger partial charge < -0.3 is 16.0 Å². The lowest BCUT2D eigenvalue weighted by atomic mass is 9.84. The van der Waals surface area contributed by atoms with E-state index >= 15 is 0 Å². The van der Waals surface area contributed by atoms with E-state index in [0.29, 0.717) is 6.42 Å². The van der Waals surface area contributed by atoms with E-state index < -0.39 is 0 Å². The molecular formula is C14H31N3O. The zero-order chi connectivity index (χ0) is 14.3. The molecule has 0 spiro atoms. The van der Waals surface area contributed by atoms with E-state index in [1.54, 1.807) is 0 Å². The molecule has 0 rings (SSSR count). The molecule has 0 aromatic heterocycles. The highest BCUT2D eigenvalue weighted by Crippen LogP contribution is 2.22. The molecule has 3 N–H and O–H groups in total. The van der Waals surface area contributed by atoms with Gasteiger partial charge in [0.05, 0.1) is 0 Å². The van der Waals surface area contributed by atoms with E-state index in [0.717, 1.165) is 19.4 Å². The smallest absolute Gasteiger partial charge is 0.220 e. The summed E-state index contributed by atoms with van der Waals surface area (Å²) in [5, 5.41) is 3.15. The van der Waals surface area contributed by atoms with Crippen molar-refractivity contribution in [2.75, 3.05) is 20.6 Å². The van der Waals surface area contributed by atoms with E-state index in [2.05, 4.69) is 45.1 Å². The molecule has 108 valence electrons. The molecule has 18 heavy (non-hydrogen) atoms. The Bertz CT molecular complexity index is 244. The van der Waals surface area contributed by atoms with Crippen molar-refractivity contribution in [2.45, 2.75) is 59.0 Å². The Balaban J connectivity index is 4.28. The molecule has 0 aliphatic carbocycles. The minimum absolute atomic E-state index is 0.0833. The summed E-state index contributed by atoms with van der Waals surface area (Å²) in [6.45, 7) is 9.41. The summed E-state index contributed by atoms with van der Waals surface area (Å²) < 4.78 is 0. The van der Waals surface area contributed by atoms with Crippen LogP contribution in [-0.4, -0.2) is 43.5 Å². The lowest BCUT2D eigenvalue weighted by Gasteiger charge is -2.32. The number of nitrogens with one attached hydrogen (secondary N) is 1. The van der Waals surface area contributed by atoms with Gasteiger partial charge in [0, 0.05) is 18.5 Å². The van der Waals surface area contributed by atoms with Gasteiger partial charge in [-0.05, 0) is 45.8 Å². The van der Waals surface area contributed by atoms with Crippen LogP contribution < -0.4 is 11.1 Å². The Morgan fingerprint density at radius 1 is 1.28 bits per heavy atom. The van der Waals surface area contributed by atoms with Crippen LogP contribution in [0.25, 0.3) is 0 Å². The molecule has 0 aliphatic rings. The summed E-state index contributed by atoms with van der Waals surface area (Å²) in [6.07, 6.45) is 2.24. The zero-order valence-electron chi connectivity index (χ0n) is 12.9. The molecule has 0 aromatic carbocycles. The van der Waals surface area contributed by atoms with E-state index in [1.165, 1.54) is 0 Å². The standard InChI is InChI=1S/C14H31N3O/c1-11(15)7-8-13(18)16-12(14(2,3)4)9-10-17(5)6/h11-12H,7-10,15H2,1-6H3,(H,16,18). The topological polar surface area (TPSA) is 58.4 Å². The van der Waals surface area contributed by atoms with E-state index in [9.17, 15) is 4.79 Å². The van der Waals surface area contributed by atoms with Crippen molar-refractivity contribution in [3.05, 3.63) is 0 Å². The van der Waals surface area contributed by atoms with Crippen molar-refractivity contribution < 1.29 is 4.79 Å². The third-order valence-corrected chi connectivity index (χ3v) is 3.07. The fraction of sp³-hybridized carbons (Fsp3) is 0.929. The molecule has 4 heteroatoms. The van der Waals surface area contributed by atoms with Gasteiger partial charge in [-0.15, -0.1) is 0 Å². The summed E-state index contributed by atoms with van der Waals surface area (Å²) in [7, 11) is 4.11. The molecule has 0 fully saturated rings. The molecule has 0 bridgehead atoms. The SMILES string of the molecule is CC(N)CCC(=O)NC(CCN(C)C)C(C)(C)C. The van der Waals surface area contributed by atoms with Crippen molar-refractivity contribution in [1.29, 1.82) is 0 Å². The summed E-state index contributed by atoms with van der Waals surface area (Å²) in [4.78, 5) is 14.0. The van der Waals surface area contributed by atoms with Crippen LogP contribution in [0.15, 0.2) is 0 Å². The molecule has 0 aromatic rings. The molecular weight excluding hydrogens is 226 g/mol. The normalized spacial score (nSPS) is 15.6. The lowest BCUT2D eigenvalue weighted by Crippen LogP contribution is -2.45. The molecule has 0 saturated carbocycles. The fourth-order valence-corrected chi connectivity index (χ4v) is 1.73. The largest absolute Gasteiger partial charge is 0.353 e. The maximum atomic E-state index is 11.9. The second-order valence-corrected chi connectivity index (χ2v) is 6.59. The summed E-state index contributed by atoms with van der Waals surface area (Å²) >= 11 is 0. The second-order valence-electron chi connectivity index (χ2n) is 6.59. The lowest BCUT2D eigenvalue weighted by molar-refractivity contribution is -0.122. The molecule has 1 amide bonds. The Morgan fingerprint density at radius 2 is 1.83 bits per heavy atom. The van der Waals surface area contributed by atoms with Gasteiger partial charge in [-0.2, -0.15) is 0 Å². The third-order valence-electron chi connectivity index (χ3n) is 3.07. The molecule has 2 atom stereocenters. The minimum Gasteiger partial charge on any atom is -0.353 e. The van der Waals surface area contributed by atoms with Crippen molar-refractivity contribution >= 4 is 5.91 Å². The predicted molar refractivity (Wildman–Crippen MR) is 77.4 cm³/mol. The first-order chi connectivity index (χ1) is 8.12. The van der Waals surface area contributed by atoms with Crippen molar-refractivity contribution in [1.82, 2.24) is 10.2 Å². The average molecular weight is 257 g/mol. The Kier molecular flexibility index (Phi) is 7.48. The van der Waals surface area contributed by atoms with Gasteiger partial charge in [0.25, 0.3) is 0 Å². The van der Waals surface area contributed by atoms with Crippen LogP contribution in [0, 0.1) is 5.41 Å². The van der Waals surface area contributed by atoms with E-state index in [-0.39, 0.29) is 23.4 Å². The van der Waals surface area contributed by atoms with Crippen LogP contribution in [0.1, 0.15) is 47.0 Å². The van der Waals surface area contributed by atoms with Gasteiger partial charge in [0.15, 0.2) is 0 Å². The van der Waals surface area contributed by atoms with Crippen LogP contribution in [0.2, 0.25) is 0 Å². The second kappa shape index (κ2) is 7.74. The monoisotopic (exact) mass is 257 g/mol. The van der Waals surface area contributed by atoms with Crippen molar-refractivity contribution in [2.24, 2.45) is 11.1 Å². The molecule has 0 aliphatic heterocycles. The van der Waals surface area contributed by atoms with E-state index in [1.807, 2.05) is 6.92 Å². The number of carbonyl (C=O) groups is 1. The van der Waals surface area contributed by atoms with Crippen LogP contribution in [0.5, 0.6) is 0 Å². The van der Waals surface area contributed by atoms with Crippen molar-refractivity contribution in [3.63, 3.8) is 0 Å². The maximum absolute atomic E-state index is 11.9. The number of amides is 1. The van der Waals surface area contributed by atoms with Gasteiger partial charge in [-0.3, -0.25) is 4.79 Å². The first-order valence-corrected chi connectivity index (χ1v) is 6.82. The molecule has 2 unspecified atom stereocenters. The van der Waals surface area contributed by atoms with E-state index in [4.69, 9.17) is 5.73 Å². The Morgan fingerprint density at radius 3 is 2.22 bits per heavy atom. The third kappa shape index (κ3) is 8.48. The van der Waals surface area contributed by atoms with Crippen LogP contribution >= 0.6 is 0 Å². The Labute approximate surface area is 112 Å². The van der Waals surface area contributed by atoms with Gasteiger partial charge in [0.2, 0.25) is 5.91 Å². The first kappa shape index (κ1) is 17.4. The number of nitrogens with two attached hydrogens (primary N) is 1. The number of rotatable bonds is 7. The van der Waals surface area contributed by atoms with Gasteiger partial charge in [0.1, 0.15) is 0 Å². The maximum Gasteiger partial charge on any atom is 0.220 e. The Hall–Kier alpha value is -0.610. The highest BCUT2D eigenvalue weighted by Gasteiger charge is 2.25. The number of hydrogen-bond acceptors (Lipinski definition) is 3. The highest BCUT2D eigenvalue weighted by molar-refractivity contribution is 5.76. The van der Waals surface area contributed by atoms with Crippen molar-refractivity contribution in [3.8, 4) is 0 Å². The van der Waals surface area contributed by atoms with Crippen LogP contribution in [0.3, 0.4) is 0 Å². The first-order valence-electron chi connectivity index (χ1n) is 6.82. The summed E-state index contributed by atoms with van der Waals surface area (Å²) in [5.41, 5.74) is 5.75. The number of nitrogens with zero attached hydrogens (tertiary/aromatic N) is 1. The summed E-state index contributed by atoms with van der Waals surface area (Å²) in [5.74, 6) is 0.117. The minimum atomic E-state index is 0.0833. The quantitative estimate of drug-likeness (QED) is 0.728. The fourth-order valence-electron chi connectivity index (χ4n) is 1.73. The molecule has 4 nitrogen and oxygen atoms in total. The predicted octanol–water partition coefficient (Wildman–Crippen LogP) is 1.60. The van der Waals surface area contributed by atoms with Crippen LogP contribution in [-0.2, 0) is 4.79 Å².